The van der Waals surface area contributed by atoms with Crippen LogP contribution in [-0.2, 0) is 5.88 Å². The van der Waals surface area contributed by atoms with E-state index in [2.05, 4.69) is 9.97 Å². The number of alkyl halides is 1. The van der Waals surface area contributed by atoms with E-state index in [1.165, 1.54) is 0 Å². The minimum atomic E-state index is 0.383. The number of imidazole rings is 1. The monoisotopic (exact) mass is 210 g/mol. The molecule has 0 aromatic carbocycles. The van der Waals surface area contributed by atoms with Gasteiger partial charge in [0.2, 0.25) is 0 Å². The van der Waals surface area contributed by atoms with Crippen molar-refractivity contribution < 1.29 is 0 Å². The Hall–Kier alpha value is -1.29. The molecule has 0 saturated carbocycles. The second-order valence-corrected chi connectivity index (χ2v) is 3.43. The van der Waals surface area contributed by atoms with E-state index in [9.17, 15) is 0 Å². The van der Waals surface area contributed by atoms with E-state index in [0.29, 0.717) is 5.88 Å². The molecule has 0 bridgehead atoms. The molecular formula is C9H11ClN4. The van der Waals surface area contributed by atoms with Crippen molar-refractivity contribution in [3.05, 3.63) is 24.2 Å². The Morgan fingerprint density at radius 2 is 2.29 bits per heavy atom. The minimum Gasteiger partial charge on any atom is -0.316 e. The molecule has 4 nitrogen and oxygen atoms in total. The predicted molar refractivity (Wildman–Crippen MR) is 57.2 cm³/mol. The standard InChI is InChI=1S/C9H11ClN4/c1-13(2)14-8(6-10)12-7-4-3-5-11-9(7)14/h3-5H,6H2,1-2H3. The lowest BCUT2D eigenvalue weighted by Crippen LogP contribution is -2.26. The Labute approximate surface area is 87.1 Å². The Balaban J connectivity index is 2.74. The van der Waals surface area contributed by atoms with Crippen molar-refractivity contribution in [3.63, 3.8) is 0 Å². The summed E-state index contributed by atoms with van der Waals surface area (Å²) in [6.45, 7) is 0. The number of hydrogen-bond acceptors (Lipinski definition) is 3. The Kier molecular flexibility index (Phi) is 2.29. The summed E-state index contributed by atoms with van der Waals surface area (Å²) in [4.78, 5) is 8.65. The molecule has 5 heteroatoms. The molecule has 2 aromatic rings. The normalized spacial score (nSPS) is 10.8. The molecule has 0 unspecified atom stereocenters. The fraction of sp³-hybridized carbons (Fsp3) is 0.333. The van der Waals surface area contributed by atoms with Gasteiger partial charge in [0, 0.05) is 20.3 Å². The van der Waals surface area contributed by atoms with Gasteiger partial charge in [0.25, 0.3) is 0 Å². The first-order valence-corrected chi connectivity index (χ1v) is 4.83. The van der Waals surface area contributed by atoms with Crippen molar-refractivity contribution in [2.45, 2.75) is 5.88 Å². The van der Waals surface area contributed by atoms with Gasteiger partial charge in [-0.3, -0.25) is 0 Å². The summed E-state index contributed by atoms with van der Waals surface area (Å²) in [6.07, 6.45) is 1.75. The SMILES string of the molecule is CN(C)n1c(CCl)nc2cccnc21. The molecule has 0 aliphatic rings. The maximum atomic E-state index is 5.81. The van der Waals surface area contributed by atoms with Gasteiger partial charge in [-0.2, -0.15) is 0 Å². The average molecular weight is 211 g/mol. The van der Waals surface area contributed by atoms with Crippen molar-refractivity contribution in [1.29, 1.82) is 0 Å². The number of fused-ring (bicyclic) bond motifs is 1. The van der Waals surface area contributed by atoms with Gasteiger partial charge in [0.1, 0.15) is 11.3 Å². The smallest absolute Gasteiger partial charge is 0.179 e. The molecule has 2 rings (SSSR count). The van der Waals surface area contributed by atoms with Crippen molar-refractivity contribution in [3.8, 4) is 0 Å². The molecule has 2 heterocycles. The first kappa shape index (κ1) is 9.27. The third kappa shape index (κ3) is 1.32. The van der Waals surface area contributed by atoms with Crippen LogP contribution in [0.15, 0.2) is 18.3 Å². The molecule has 0 atom stereocenters. The van der Waals surface area contributed by atoms with Crippen LogP contribution in [0.1, 0.15) is 5.82 Å². The van der Waals surface area contributed by atoms with E-state index in [1.54, 1.807) is 6.20 Å². The van der Waals surface area contributed by atoms with Gasteiger partial charge in [-0.15, -0.1) is 11.6 Å². The summed E-state index contributed by atoms with van der Waals surface area (Å²) in [5.41, 5.74) is 1.71. The quantitative estimate of drug-likeness (QED) is 0.703. The maximum Gasteiger partial charge on any atom is 0.179 e. The van der Waals surface area contributed by atoms with Crippen molar-refractivity contribution in [2.75, 3.05) is 19.1 Å². The number of halogens is 1. The zero-order chi connectivity index (χ0) is 10.1. The first-order chi connectivity index (χ1) is 6.74. The lowest BCUT2D eigenvalue weighted by atomic mass is 10.4. The Morgan fingerprint density at radius 3 is 2.93 bits per heavy atom. The van der Waals surface area contributed by atoms with E-state index in [1.807, 2.05) is 35.9 Å². The summed E-state index contributed by atoms with van der Waals surface area (Å²) in [5.74, 6) is 1.19. The molecule has 14 heavy (non-hydrogen) atoms. The first-order valence-electron chi connectivity index (χ1n) is 4.30. The van der Waals surface area contributed by atoms with Crippen LogP contribution >= 0.6 is 11.6 Å². The van der Waals surface area contributed by atoms with Gasteiger partial charge in [0.05, 0.1) is 5.88 Å². The average Bonchev–Trinajstić information content (AvgIpc) is 2.55. The maximum absolute atomic E-state index is 5.81. The molecule has 0 N–H and O–H groups in total. The highest BCUT2D eigenvalue weighted by atomic mass is 35.5. The fourth-order valence-corrected chi connectivity index (χ4v) is 1.63. The van der Waals surface area contributed by atoms with Crippen LogP contribution in [0.4, 0.5) is 0 Å². The third-order valence-electron chi connectivity index (χ3n) is 1.98. The molecule has 0 fully saturated rings. The molecule has 2 aromatic heterocycles. The van der Waals surface area contributed by atoms with Crippen molar-refractivity contribution in [2.24, 2.45) is 0 Å². The highest BCUT2D eigenvalue weighted by molar-refractivity contribution is 6.16. The van der Waals surface area contributed by atoms with Crippen LogP contribution in [-0.4, -0.2) is 28.7 Å². The van der Waals surface area contributed by atoms with E-state index in [4.69, 9.17) is 11.6 Å². The molecule has 0 amide bonds. The highest BCUT2D eigenvalue weighted by Gasteiger charge is 2.11. The zero-order valence-corrected chi connectivity index (χ0v) is 8.86. The summed E-state index contributed by atoms with van der Waals surface area (Å²) in [6, 6.07) is 3.80. The van der Waals surface area contributed by atoms with Crippen LogP contribution in [0, 0.1) is 0 Å². The van der Waals surface area contributed by atoms with Gasteiger partial charge in [-0.25, -0.2) is 14.6 Å². The second-order valence-electron chi connectivity index (χ2n) is 3.17. The Morgan fingerprint density at radius 1 is 1.50 bits per heavy atom. The molecule has 0 radical (unpaired) electrons. The third-order valence-corrected chi connectivity index (χ3v) is 2.22. The van der Waals surface area contributed by atoms with Gasteiger partial charge >= 0.3 is 0 Å². The van der Waals surface area contributed by atoms with Crippen molar-refractivity contribution >= 4 is 22.8 Å². The number of nitrogens with zero attached hydrogens (tertiary/aromatic N) is 4. The number of rotatable bonds is 2. The number of aromatic nitrogens is 3. The lowest BCUT2D eigenvalue weighted by Gasteiger charge is -2.16. The number of hydrogen-bond donors (Lipinski definition) is 0. The minimum absolute atomic E-state index is 0.383. The van der Waals surface area contributed by atoms with E-state index in [0.717, 1.165) is 17.0 Å². The number of pyridine rings is 1. The fourth-order valence-electron chi connectivity index (χ4n) is 1.45. The van der Waals surface area contributed by atoms with Crippen LogP contribution in [0.5, 0.6) is 0 Å². The summed E-state index contributed by atoms with van der Waals surface area (Å²) >= 11 is 5.81. The molecule has 0 aliphatic carbocycles. The van der Waals surface area contributed by atoms with Gasteiger partial charge in [-0.05, 0) is 12.1 Å². The van der Waals surface area contributed by atoms with Crippen LogP contribution in [0.3, 0.4) is 0 Å². The van der Waals surface area contributed by atoms with E-state index >= 15 is 0 Å². The predicted octanol–water partition coefficient (Wildman–Crippen LogP) is 1.37. The van der Waals surface area contributed by atoms with Crippen LogP contribution in [0.25, 0.3) is 11.2 Å². The summed E-state index contributed by atoms with van der Waals surface area (Å²) in [7, 11) is 3.87. The molecule has 0 aliphatic heterocycles. The largest absolute Gasteiger partial charge is 0.316 e. The van der Waals surface area contributed by atoms with E-state index in [-0.39, 0.29) is 0 Å². The van der Waals surface area contributed by atoms with Gasteiger partial charge < -0.3 is 5.01 Å². The molecule has 0 saturated heterocycles. The van der Waals surface area contributed by atoms with Crippen LogP contribution < -0.4 is 5.01 Å². The van der Waals surface area contributed by atoms with Crippen molar-refractivity contribution in [1.82, 2.24) is 14.6 Å². The van der Waals surface area contributed by atoms with Gasteiger partial charge in [-0.1, -0.05) is 0 Å². The lowest BCUT2D eigenvalue weighted by molar-refractivity contribution is 0.713. The van der Waals surface area contributed by atoms with Gasteiger partial charge in [0.15, 0.2) is 5.65 Å². The summed E-state index contributed by atoms with van der Waals surface area (Å²) in [5, 5.41) is 1.92. The van der Waals surface area contributed by atoms with Crippen LogP contribution in [0.2, 0.25) is 0 Å². The molecular weight excluding hydrogens is 200 g/mol. The molecule has 0 spiro atoms. The Bertz CT molecular complexity index is 449. The zero-order valence-electron chi connectivity index (χ0n) is 8.11. The van der Waals surface area contributed by atoms with E-state index < -0.39 is 0 Å². The highest BCUT2D eigenvalue weighted by Crippen LogP contribution is 2.14. The molecule has 74 valence electrons. The second kappa shape index (κ2) is 3.46. The topological polar surface area (TPSA) is 34.0 Å². The summed E-state index contributed by atoms with van der Waals surface area (Å²) < 4.78 is 1.91.